The molecule has 0 atom stereocenters. The molecule has 2 aromatic carbocycles. The summed E-state index contributed by atoms with van der Waals surface area (Å²) in [6, 6.07) is 19.0. The fourth-order valence-electron chi connectivity index (χ4n) is 3.62. The highest BCUT2D eigenvalue weighted by Gasteiger charge is 2.21. The number of anilines is 2. The third-order valence-electron chi connectivity index (χ3n) is 5.07. The van der Waals surface area contributed by atoms with Crippen LogP contribution in [0.25, 0.3) is 21.1 Å². The number of para-hydroxylation sites is 2. The Bertz CT molecular complexity index is 1050. The number of piperazine rings is 1. The van der Waals surface area contributed by atoms with Crippen LogP contribution in [0.1, 0.15) is 5.56 Å². The molecule has 4 nitrogen and oxygen atoms in total. The molecule has 1 fully saturated rings. The monoisotopic (exact) mass is 360 g/mol. The van der Waals surface area contributed by atoms with E-state index in [0.717, 1.165) is 48.2 Å². The van der Waals surface area contributed by atoms with Crippen LogP contribution in [0.3, 0.4) is 0 Å². The van der Waals surface area contributed by atoms with Gasteiger partial charge in [-0.25, -0.2) is 9.97 Å². The summed E-state index contributed by atoms with van der Waals surface area (Å²) >= 11 is 1.79. The molecule has 3 heterocycles. The minimum absolute atomic E-state index is 0.973. The number of benzene rings is 2. The molecule has 0 amide bonds. The smallest absolute Gasteiger partial charge is 0.186 e. The van der Waals surface area contributed by atoms with Crippen molar-refractivity contribution < 1.29 is 0 Å². The van der Waals surface area contributed by atoms with Gasteiger partial charge in [-0.05, 0) is 36.8 Å². The zero-order chi connectivity index (χ0) is 17.5. The summed E-state index contributed by atoms with van der Waals surface area (Å²) in [4.78, 5) is 14.5. The van der Waals surface area contributed by atoms with Crippen LogP contribution in [0.15, 0.2) is 54.6 Å². The largest absolute Gasteiger partial charge is 0.353 e. The van der Waals surface area contributed by atoms with Gasteiger partial charge in [0.05, 0.1) is 15.7 Å². The zero-order valence-electron chi connectivity index (χ0n) is 14.7. The van der Waals surface area contributed by atoms with Gasteiger partial charge in [0.25, 0.3) is 0 Å². The van der Waals surface area contributed by atoms with E-state index in [1.165, 1.54) is 15.6 Å². The lowest BCUT2D eigenvalue weighted by Gasteiger charge is -2.35. The van der Waals surface area contributed by atoms with E-state index in [0.29, 0.717) is 0 Å². The minimum atomic E-state index is 0.973. The van der Waals surface area contributed by atoms with Crippen LogP contribution in [0, 0.1) is 6.92 Å². The van der Waals surface area contributed by atoms with E-state index >= 15 is 0 Å². The number of rotatable bonds is 2. The average Bonchev–Trinajstić information content (AvgIpc) is 3.12. The number of nitrogens with zero attached hydrogens (tertiary/aromatic N) is 4. The summed E-state index contributed by atoms with van der Waals surface area (Å²) in [5, 5.41) is 2.37. The first-order valence-electron chi connectivity index (χ1n) is 9.00. The van der Waals surface area contributed by atoms with E-state index in [4.69, 9.17) is 9.97 Å². The van der Waals surface area contributed by atoms with Crippen molar-refractivity contribution in [2.75, 3.05) is 36.0 Å². The molecule has 0 aliphatic carbocycles. The van der Waals surface area contributed by atoms with Crippen molar-refractivity contribution in [2.45, 2.75) is 6.92 Å². The summed E-state index contributed by atoms with van der Waals surface area (Å²) in [5.41, 5.74) is 3.47. The number of thiazole rings is 1. The van der Waals surface area contributed by atoms with Gasteiger partial charge in [-0.2, -0.15) is 0 Å². The highest BCUT2D eigenvalue weighted by atomic mass is 32.1. The normalized spacial score (nSPS) is 15.1. The number of pyridine rings is 1. The van der Waals surface area contributed by atoms with E-state index in [-0.39, 0.29) is 0 Å². The first-order chi connectivity index (χ1) is 12.8. The minimum Gasteiger partial charge on any atom is -0.353 e. The van der Waals surface area contributed by atoms with Crippen LogP contribution >= 0.6 is 11.3 Å². The van der Waals surface area contributed by atoms with Crippen molar-refractivity contribution >= 4 is 43.4 Å². The molecule has 26 heavy (non-hydrogen) atoms. The zero-order valence-corrected chi connectivity index (χ0v) is 15.5. The molecule has 4 aromatic rings. The standard InChI is InChI=1S/C21H20N4S/c1-15-14-20(22-17-7-3-2-6-16(15)17)24-10-12-25(13-11-24)21-23-18-8-4-5-9-19(18)26-21/h2-9,14H,10-13H2,1H3. The van der Waals surface area contributed by atoms with Crippen LogP contribution in [-0.2, 0) is 0 Å². The Hall–Kier alpha value is -2.66. The van der Waals surface area contributed by atoms with E-state index in [9.17, 15) is 0 Å². The molecule has 5 rings (SSSR count). The summed E-state index contributed by atoms with van der Waals surface area (Å²) < 4.78 is 1.26. The summed E-state index contributed by atoms with van der Waals surface area (Å²) in [6.45, 7) is 6.08. The predicted molar refractivity (Wildman–Crippen MR) is 111 cm³/mol. The van der Waals surface area contributed by atoms with Crippen LogP contribution in [-0.4, -0.2) is 36.1 Å². The Balaban J connectivity index is 1.37. The summed E-state index contributed by atoms with van der Waals surface area (Å²) in [6.07, 6.45) is 0. The number of aryl methyl sites for hydroxylation is 1. The Kier molecular flexibility index (Phi) is 3.75. The highest BCUT2D eigenvalue weighted by Crippen LogP contribution is 2.30. The average molecular weight is 360 g/mol. The fourth-order valence-corrected chi connectivity index (χ4v) is 4.63. The third kappa shape index (κ3) is 2.69. The Morgan fingerprint density at radius 1 is 0.808 bits per heavy atom. The first-order valence-corrected chi connectivity index (χ1v) is 9.81. The van der Waals surface area contributed by atoms with Crippen molar-refractivity contribution in [1.82, 2.24) is 9.97 Å². The van der Waals surface area contributed by atoms with Gasteiger partial charge in [-0.1, -0.05) is 41.7 Å². The number of fused-ring (bicyclic) bond motifs is 2. The number of aromatic nitrogens is 2. The topological polar surface area (TPSA) is 32.3 Å². The van der Waals surface area contributed by atoms with Gasteiger partial charge < -0.3 is 9.80 Å². The quantitative estimate of drug-likeness (QED) is 0.528. The molecule has 0 unspecified atom stereocenters. The lowest BCUT2D eigenvalue weighted by molar-refractivity contribution is 0.647. The Labute approximate surface area is 156 Å². The lowest BCUT2D eigenvalue weighted by Crippen LogP contribution is -2.46. The van der Waals surface area contributed by atoms with Crippen LogP contribution in [0.5, 0.6) is 0 Å². The van der Waals surface area contributed by atoms with Gasteiger partial charge in [0.2, 0.25) is 0 Å². The van der Waals surface area contributed by atoms with Gasteiger partial charge in [0.1, 0.15) is 5.82 Å². The van der Waals surface area contributed by atoms with E-state index in [1.54, 1.807) is 11.3 Å². The molecule has 0 radical (unpaired) electrons. The van der Waals surface area contributed by atoms with Gasteiger partial charge in [0.15, 0.2) is 5.13 Å². The second kappa shape index (κ2) is 6.25. The number of hydrogen-bond acceptors (Lipinski definition) is 5. The molecular formula is C21H20N4S. The maximum absolute atomic E-state index is 4.89. The van der Waals surface area contributed by atoms with Crippen molar-refractivity contribution in [2.24, 2.45) is 0 Å². The Morgan fingerprint density at radius 2 is 1.50 bits per heavy atom. The fraction of sp³-hybridized carbons (Fsp3) is 0.238. The van der Waals surface area contributed by atoms with Gasteiger partial charge in [0, 0.05) is 31.6 Å². The highest BCUT2D eigenvalue weighted by molar-refractivity contribution is 7.22. The second-order valence-corrected chi connectivity index (χ2v) is 7.76. The summed E-state index contributed by atoms with van der Waals surface area (Å²) in [7, 11) is 0. The Morgan fingerprint density at radius 3 is 2.31 bits per heavy atom. The molecule has 0 spiro atoms. The second-order valence-electron chi connectivity index (χ2n) is 6.75. The SMILES string of the molecule is Cc1cc(N2CCN(c3nc4ccccc4s3)CC2)nc2ccccc12. The molecule has 5 heteroatoms. The van der Waals surface area contributed by atoms with Crippen molar-refractivity contribution in [1.29, 1.82) is 0 Å². The van der Waals surface area contributed by atoms with E-state index in [2.05, 4.69) is 71.3 Å². The molecule has 2 aromatic heterocycles. The molecule has 0 N–H and O–H groups in total. The van der Waals surface area contributed by atoms with Crippen LogP contribution in [0.2, 0.25) is 0 Å². The van der Waals surface area contributed by atoms with Crippen molar-refractivity contribution in [3.05, 3.63) is 60.2 Å². The van der Waals surface area contributed by atoms with Gasteiger partial charge in [-0.15, -0.1) is 0 Å². The van der Waals surface area contributed by atoms with Crippen LogP contribution in [0.4, 0.5) is 10.9 Å². The third-order valence-corrected chi connectivity index (χ3v) is 6.16. The van der Waals surface area contributed by atoms with E-state index in [1.807, 2.05) is 0 Å². The molecule has 1 saturated heterocycles. The molecule has 1 aliphatic heterocycles. The number of hydrogen-bond donors (Lipinski definition) is 0. The molecule has 130 valence electrons. The molecular weight excluding hydrogens is 340 g/mol. The van der Waals surface area contributed by atoms with E-state index < -0.39 is 0 Å². The maximum Gasteiger partial charge on any atom is 0.186 e. The molecule has 0 bridgehead atoms. The van der Waals surface area contributed by atoms with Crippen LogP contribution < -0.4 is 9.80 Å². The molecule has 0 saturated carbocycles. The van der Waals surface area contributed by atoms with Crippen molar-refractivity contribution in [3.63, 3.8) is 0 Å². The maximum atomic E-state index is 4.89. The predicted octanol–water partition coefficient (Wildman–Crippen LogP) is 4.48. The lowest BCUT2D eigenvalue weighted by atomic mass is 10.1. The first kappa shape index (κ1) is 15.6. The summed E-state index contributed by atoms with van der Waals surface area (Å²) in [5.74, 6) is 1.09. The molecule has 1 aliphatic rings. The van der Waals surface area contributed by atoms with Gasteiger partial charge in [-0.3, -0.25) is 0 Å². The van der Waals surface area contributed by atoms with Crippen molar-refractivity contribution in [3.8, 4) is 0 Å². The van der Waals surface area contributed by atoms with Gasteiger partial charge >= 0.3 is 0 Å².